The number of benzene rings is 2. The van der Waals surface area contributed by atoms with Crippen LogP contribution >= 0.6 is 27.5 Å². The molecule has 1 aliphatic rings. The Hall–Kier alpha value is -1.39. The molecule has 0 unspecified atom stereocenters. The molecule has 0 fully saturated rings. The lowest BCUT2D eigenvalue weighted by Gasteiger charge is -2.09. The number of rotatable bonds is 3. The van der Waals surface area contributed by atoms with Crippen LogP contribution in [0.15, 0.2) is 40.9 Å². The summed E-state index contributed by atoms with van der Waals surface area (Å²) in [4.78, 5) is 0. The summed E-state index contributed by atoms with van der Waals surface area (Å²) in [5.74, 6) is 1.56. The molecule has 1 N–H and O–H groups in total. The summed E-state index contributed by atoms with van der Waals surface area (Å²) in [5.41, 5.74) is 2.08. The van der Waals surface area contributed by atoms with E-state index in [1.807, 2.05) is 36.4 Å². The van der Waals surface area contributed by atoms with Gasteiger partial charge in [0.2, 0.25) is 6.79 Å². The van der Waals surface area contributed by atoms with E-state index < -0.39 is 0 Å². The van der Waals surface area contributed by atoms with E-state index in [4.69, 9.17) is 21.1 Å². The fraction of sp³-hybridized carbons (Fsp3) is 0.143. The highest BCUT2D eigenvalue weighted by Crippen LogP contribution is 2.37. The van der Waals surface area contributed by atoms with E-state index in [-0.39, 0.29) is 6.79 Å². The lowest BCUT2D eigenvalue weighted by molar-refractivity contribution is 0.174. The van der Waals surface area contributed by atoms with Crippen molar-refractivity contribution in [3.8, 4) is 11.5 Å². The molecule has 0 saturated heterocycles. The summed E-state index contributed by atoms with van der Waals surface area (Å²) in [5, 5.41) is 4.04. The number of hydrogen-bond acceptors (Lipinski definition) is 3. The number of fused-ring (bicyclic) bond motifs is 1. The Bertz CT molecular complexity index is 618. The van der Waals surface area contributed by atoms with Crippen LogP contribution in [0, 0.1) is 0 Å². The van der Waals surface area contributed by atoms with Crippen LogP contribution in [0.25, 0.3) is 0 Å². The monoisotopic (exact) mass is 339 g/mol. The molecular weight excluding hydrogens is 330 g/mol. The average Bonchev–Trinajstić information content (AvgIpc) is 2.83. The first-order valence-corrected chi connectivity index (χ1v) is 6.97. The van der Waals surface area contributed by atoms with Crippen molar-refractivity contribution in [3.05, 3.63) is 51.5 Å². The van der Waals surface area contributed by atoms with Gasteiger partial charge in [-0.15, -0.1) is 0 Å². The van der Waals surface area contributed by atoms with Gasteiger partial charge in [-0.25, -0.2) is 0 Å². The zero-order valence-electron chi connectivity index (χ0n) is 9.95. The van der Waals surface area contributed by atoms with Crippen molar-refractivity contribution >= 4 is 33.2 Å². The van der Waals surface area contributed by atoms with E-state index in [1.165, 1.54) is 0 Å². The molecule has 0 spiro atoms. The summed E-state index contributed by atoms with van der Waals surface area (Å²) in [6.45, 7) is 0.963. The Morgan fingerprint density at radius 3 is 2.74 bits per heavy atom. The molecule has 3 rings (SSSR count). The van der Waals surface area contributed by atoms with Crippen LogP contribution in [0.5, 0.6) is 11.5 Å². The topological polar surface area (TPSA) is 30.5 Å². The first kappa shape index (κ1) is 12.6. The van der Waals surface area contributed by atoms with Crippen molar-refractivity contribution in [2.24, 2.45) is 0 Å². The van der Waals surface area contributed by atoms with Gasteiger partial charge in [0.15, 0.2) is 11.5 Å². The highest BCUT2D eigenvalue weighted by Gasteiger charge is 2.16. The van der Waals surface area contributed by atoms with Crippen molar-refractivity contribution in [3.63, 3.8) is 0 Å². The molecule has 0 saturated carbocycles. The van der Waals surface area contributed by atoms with Gasteiger partial charge >= 0.3 is 0 Å². The standard InChI is InChI=1S/C14H11BrClNO2/c15-12-6-14-13(18-8-19-14)4-9(12)7-17-11-3-1-2-10(16)5-11/h1-6,17H,7-8H2. The van der Waals surface area contributed by atoms with Gasteiger partial charge in [0.05, 0.1) is 0 Å². The van der Waals surface area contributed by atoms with Gasteiger partial charge in [0, 0.05) is 21.7 Å². The predicted molar refractivity (Wildman–Crippen MR) is 79.0 cm³/mol. The van der Waals surface area contributed by atoms with Crippen LogP contribution in [0.1, 0.15) is 5.56 Å². The molecule has 1 heterocycles. The number of nitrogens with one attached hydrogen (secondary N) is 1. The summed E-state index contributed by atoms with van der Waals surface area (Å²) < 4.78 is 11.7. The molecule has 5 heteroatoms. The first-order valence-electron chi connectivity index (χ1n) is 5.80. The SMILES string of the molecule is Clc1cccc(NCc2cc3c(cc2Br)OCO3)c1. The van der Waals surface area contributed by atoms with E-state index in [0.717, 1.165) is 32.2 Å². The molecule has 0 aliphatic carbocycles. The van der Waals surface area contributed by atoms with Crippen molar-refractivity contribution in [2.75, 3.05) is 12.1 Å². The summed E-state index contributed by atoms with van der Waals surface area (Å²) in [6, 6.07) is 11.5. The van der Waals surface area contributed by atoms with Gasteiger partial charge in [-0.05, 0) is 35.9 Å². The molecule has 98 valence electrons. The minimum atomic E-state index is 0.285. The number of anilines is 1. The molecule has 2 aromatic rings. The minimum Gasteiger partial charge on any atom is -0.454 e. The summed E-state index contributed by atoms with van der Waals surface area (Å²) >= 11 is 9.49. The van der Waals surface area contributed by atoms with Crippen molar-refractivity contribution in [1.29, 1.82) is 0 Å². The Morgan fingerprint density at radius 2 is 1.95 bits per heavy atom. The lowest BCUT2D eigenvalue weighted by atomic mass is 10.2. The second kappa shape index (κ2) is 5.31. The Morgan fingerprint density at radius 1 is 1.16 bits per heavy atom. The van der Waals surface area contributed by atoms with Gasteiger partial charge in [-0.2, -0.15) is 0 Å². The van der Waals surface area contributed by atoms with Crippen LogP contribution < -0.4 is 14.8 Å². The van der Waals surface area contributed by atoms with Crippen molar-refractivity contribution < 1.29 is 9.47 Å². The lowest BCUT2D eigenvalue weighted by Crippen LogP contribution is -2.00. The van der Waals surface area contributed by atoms with Crippen LogP contribution in [-0.4, -0.2) is 6.79 Å². The summed E-state index contributed by atoms with van der Waals surface area (Å²) in [6.07, 6.45) is 0. The molecule has 3 nitrogen and oxygen atoms in total. The van der Waals surface area contributed by atoms with E-state index in [2.05, 4.69) is 21.2 Å². The highest BCUT2D eigenvalue weighted by molar-refractivity contribution is 9.10. The normalized spacial score (nSPS) is 12.5. The maximum Gasteiger partial charge on any atom is 0.231 e. The highest BCUT2D eigenvalue weighted by atomic mass is 79.9. The van der Waals surface area contributed by atoms with Crippen LogP contribution in [0.4, 0.5) is 5.69 Å². The fourth-order valence-corrected chi connectivity index (χ4v) is 2.54. The van der Waals surface area contributed by atoms with Crippen LogP contribution in [0.3, 0.4) is 0 Å². The van der Waals surface area contributed by atoms with E-state index in [0.29, 0.717) is 6.54 Å². The van der Waals surface area contributed by atoms with Crippen molar-refractivity contribution in [2.45, 2.75) is 6.54 Å². The quantitative estimate of drug-likeness (QED) is 0.896. The van der Waals surface area contributed by atoms with Crippen LogP contribution in [-0.2, 0) is 6.54 Å². The smallest absolute Gasteiger partial charge is 0.231 e. The number of halogens is 2. The molecule has 0 aromatic heterocycles. The fourth-order valence-electron chi connectivity index (χ4n) is 1.89. The van der Waals surface area contributed by atoms with Gasteiger partial charge in [-0.3, -0.25) is 0 Å². The Kier molecular flexibility index (Phi) is 3.53. The second-order valence-electron chi connectivity index (χ2n) is 4.16. The Labute approximate surface area is 124 Å². The Balaban J connectivity index is 1.77. The first-order chi connectivity index (χ1) is 9.22. The third-order valence-corrected chi connectivity index (χ3v) is 3.82. The largest absolute Gasteiger partial charge is 0.454 e. The zero-order chi connectivity index (χ0) is 13.2. The van der Waals surface area contributed by atoms with Gasteiger partial charge < -0.3 is 14.8 Å². The molecule has 1 aliphatic heterocycles. The third-order valence-electron chi connectivity index (χ3n) is 2.85. The van der Waals surface area contributed by atoms with Crippen LogP contribution in [0.2, 0.25) is 5.02 Å². The van der Waals surface area contributed by atoms with Crippen molar-refractivity contribution in [1.82, 2.24) is 0 Å². The van der Waals surface area contributed by atoms with E-state index in [1.54, 1.807) is 0 Å². The number of hydrogen-bond donors (Lipinski definition) is 1. The minimum absolute atomic E-state index is 0.285. The molecular formula is C14H11BrClNO2. The van der Waals surface area contributed by atoms with Gasteiger partial charge in [-0.1, -0.05) is 33.6 Å². The predicted octanol–water partition coefficient (Wildman–Crippen LogP) is 4.44. The van der Waals surface area contributed by atoms with Gasteiger partial charge in [0.1, 0.15) is 0 Å². The summed E-state index contributed by atoms with van der Waals surface area (Å²) in [7, 11) is 0. The maximum atomic E-state index is 5.95. The second-order valence-corrected chi connectivity index (χ2v) is 5.45. The molecule has 0 amide bonds. The molecule has 0 atom stereocenters. The van der Waals surface area contributed by atoms with E-state index >= 15 is 0 Å². The molecule has 19 heavy (non-hydrogen) atoms. The molecule has 2 aromatic carbocycles. The number of ether oxygens (including phenoxy) is 2. The molecule has 0 bridgehead atoms. The van der Waals surface area contributed by atoms with Gasteiger partial charge in [0.25, 0.3) is 0 Å². The third kappa shape index (κ3) is 2.80. The maximum absolute atomic E-state index is 5.95. The zero-order valence-corrected chi connectivity index (χ0v) is 12.3. The average molecular weight is 341 g/mol. The van der Waals surface area contributed by atoms with E-state index in [9.17, 15) is 0 Å². The molecule has 0 radical (unpaired) electrons.